The van der Waals surface area contributed by atoms with Crippen LogP contribution in [0.4, 0.5) is 16.2 Å². The van der Waals surface area contributed by atoms with Crippen molar-refractivity contribution in [3.8, 4) is 5.75 Å². The van der Waals surface area contributed by atoms with Crippen molar-refractivity contribution in [3.05, 3.63) is 96.3 Å². The summed E-state index contributed by atoms with van der Waals surface area (Å²) in [5, 5.41) is 17.8. The standard InChI is InChI=1S/C33H37N5O4/c1-22-18-38(23(2)21-39)32(40)27-11-7-13-29(31(27)42-30(22)20-37(3)19-24-14-16-34-17-15-24)36-33(41)35-28-12-6-9-25-8-4-5-10-26(25)28/h4-17,22-23,30,39H,18-21H2,1-3H3,(H2,35,36,41)/t22-,23+,30-/m0/s1. The first-order valence-electron chi connectivity index (χ1n) is 14.2. The van der Waals surface area contributed by atoms with Crippen LogP contribution < -0.4 is 15.4 Å². The molecule has 42 heavy (non-hydrogen) atoms. The minimum atomic E-state index is -0.446. The molecule has 0 radical (unpaired) electrons. The van der Waals surface area contributed by atoms with Gasteiger partial charge in [0.25, 0.3) is 5.91 Å². The molecule has 0 unspecified atom stereocenters. The molecule has 9 heteroatoms. The highest BCUT2D eigenvalue weighted by Gasteiger charge is 2.34. The van der Waals surface area contributed by atoms with Crippen LogP contribution in [0.15, 0.2) is 85.2 Å². The molecular formula is C33H37N5O4. The molecule has 3 aromatic carbocycles. The van der Waals surface area contributed by atoms with Gasteiger partial charge in [0.1, 0.15) is 6.10 Å². The molecule has 3 N–H and O–H groups in total. The number of pyridine rings is 1. The summed E-state index contributed by atoms with van der Waals surface area (Å²) >= 11 is 0. The number of nitrogens with zero attached hydrogens (tertiary/aromatic N) is 3. The van der Waals surface area contributed by atoms with Gasteiger partial charge in [-0.05, 0) is 55.3 Å². The smallest absolute Gasteiger partial charge is 0.323 e. The maximum Gasteiger partial charge on any atom is 0.323 e. The number of para-hydroxylation sites is 1. The molecule has 3 atom stereocenters. The van der Waals surface area contributed by atoms with Gasteiger partial charge >= 0.3 is 6.03 Å². The fourth-order valence-corrected chi connectivity index (χ4v) is 5.34. The third kappa shape index (κ3) is 6.53. The quantitative estimate of drug-likeness (QED) is 0.269. The number of carbonyl (C=O) groups is 2. The molecule has 218 valence electrons. The maximum absolute atomic E-state index is 13.8. The monoisotopic (exact) mass is 567 g/mol. The number of anilines is 2. The molecule has 2 heterocycles. The highest BCUT2D eigenvalue weighted by molar-refractivity contribution is 6.08. The van der Waals surface area contributed by atoms with E-state index in [1.54, 1.807) is 35.5 Å². The molecule has 3 amide bonds. The van der Waals surface area contributed by atoms with Crippen LogP contribution >= 0.6 is 0 Å². The van der Waals surface area contributed by atoms with Gasteiger partial charge in [-0.2, -0.15) is 0 Å². The van der Waals surface area contributed by atoms with Crippen LogP contribution in [-0.2, 0) is 6.54 Å². The van der Waals surface area contributed by atoms with E-state index in [1.807, 2.05) is 75.5 Å². The highest BCUT2D eigenvalue weighted by Crippen LogP contribution is 2.35. The number of hydrogen-bond donors (Lipinski definition) is 3. The summed E-state index contributed by atoms with van der Waals surface area (Å²) in [6.07, 6.45) is 3.24. The van der Waals surface area contributed by atoms with Crippen molar-refractivity contribution < 1.29 is 19.4 Å². The number of fused-ring (bicyclic) bond motifs is 2. The highest BCUT2D eigenvalue weighted by atomic mass is 16.5. The number of urea groups is 1. The molecule has 1 aliphatic heterocycles. The fourth-order valence-electron chi connectivity index (χ4n) is 5.34. The van der Waals surface area contributed by atoms with Crippen molar-refractivity contribution in [2.75, 3.05) is 37.4 Å². The number of aromatic nitrogens is 1. The third-order valence-electron chi connectivity index (χ3n) is 7.67. The lowest BCUT2D eigenvalue weighted by atomic mass is 9.99. The van der Waals surface area contributed by atoms with E-state index >= 15 is 0 Å². The summed E-state index contributed by atoms with van der Waals surface area (Å²) in [6, 6.07) is 21.9. The second-order valence-electron chi connectivity index (χ2n) is 11.0. The van der Waals surface area contributed by atoms with Crippen LogP contribution in [0.5, 0.6) is 5.75 Å². The predicted molar refractivity (Wildman–Crippen MR) is 165 cm³/mol. The lowest BCUT2D eigenvalue weighted by molar-refractivity contribution is 0.0343. The number of aliphatic hydroxyl groups excluding tert-OH is 1. The van der Waals surface area contributed by atoms with E-state index in [4.69, 9.17) is 4.74 Å². The Bertz CT molecular complexity index is 1540. The van der Waals surface area contributed by atoms with Gasteiger partial charge in [-0.25, -0.2) is 4.79 Å². The van der Waals surface area contributed by atoms with E-state index in [0.717, 1.165) is 16.3 Å². The fraction of sp³-hybridized carbons (Fsp3) is 0.303. The molecule has 5 rings (SSSR count). The second-order valence-corrected chi connectivity index (χ2v) is 11.0. The van der Waals surface area contributed by atoms with Crippen molar-refractivity contribution in [1.82, 2.24) is 14.8 Å². The Morgan fingerprint density at radius 2 is 1.74 bits per heavy atom. The summed E-state index contributed by atoms with van der Waals surface area (Å²) in [5.74, 6) is 0.00762. The zero-order valence-electron chi connectivity index (χ0n) is 24.2. The maximum atomic E-state index is 13.8. The number of rotatable bonds is 8. The van der Waals surface area contributed by atoms with Crippen molar-refractivity contribution in [2.45, 2.75) is 32.5 Å². The van der Waals surface area contributed by atoms with Gasteiger partial charge in [0.15, 0.2) is 5.75 Å². The van der Waals surface area contributed by atoms with Gasteiger partial charge < -0.3 is 25.4 Å². The largest absolute Gasteiger partial charge is 0.486 e. The summed E-state index contributed by atoms with van der Waals surface area (Å²) in [4.78, 5) is 35.0. The molecule has 0 fully saturated rings. The first-order valence-corrected chi connectivity index (χ1v) is 14.2. The zero-order valence-corrected chi connectivity index (χ0v) is 24.2. The first-order chi connectivity index (χ1) is 20.3. The minimum Gasteiger partial charge on any atom is -0.486 e. The van der Waals surface area contributed by atoms with Gasteiger partial charge in [0, 0.05) is 43.3 Å². The van der Waals surface area contributed by atoms with E-state index < -0.39 is 6.03 Å². The van der Waals surface area contributed by atoms with Crippen molar-refractivity contribution in [3.63, 3.8) is 0 Å². The lowest BCUT2D eigenvalue weighted by Gasteiger charge is -2.38. The van der Waals surface area contributed by atoms with Crippen LogP contribution in [0.3, 0.4) is 0 Å². The summed E-state index contributed by atoms with van der Waals surface area (Å²) in [7, 11) is 2.03. The van der Waals surface area contributed by atoms with Crippen LogP contribution in [0.1, 0.15) is 29.8 Å². The Balaban J connectivity index is 1.44. The third-order valence-corrected chi connectivity index (χ3v) is 7.67. The van der Waals surface area contributed by atoms with E-state index in [9.17, 15) is 14.7 Å². The molecule has 0 saturated heterocycles. The van der Waals surface area contributed by atoms with Gasteiger partial charge in [-0.1, -0.05) is 49.4 Å². The molecule has 4 aromatic rings. The average molecular weight is 568 g/mol. The van der Waals surface area contributed by atoms with Gasteiger partial charge in [0.2, 0.25) is 0 Å². The minimum absolute atomic E-state index is 0.0615. The summed E-state index contributed by atoms with van der Waals surface area (Å²) in [5.41, 5.74) is 2.54. The Morgan fingerprint density at radius 3 is 2.52 bits per heavy atom. The van der Waals surface area contributed by atoms with Gasteiger partial charge in [0.05, 0.1) is 29.6 Å². The Labute approximate surface area is 246 Å². The summed E-state index contributed by atoms with van der Waals surface area (Å²) < 4.78 is 6.64. The molecule has 0 aliphatic carbocycles. The molecular weight excluding hydrogens is 530 g/mol. The summed E-state index contributed by atoms with van der Waals surface area (Å²) in [6.45, 7) is 5.42. The van der Waals surface area contributed by atoms with Crippen molar-refractivity contribution in [2.24, 2.45) is 5.92 Å². The van der Waals surface area contributed by atoms with Gasteiger partial charge in [-0.15, -0.1) is 0 Å². The average Bonchev–Trinajstić information content (AvgIpc) is 2.99. The number of likely N-dealkylation sites (N-methyl/N-ethyl adjacent to an activating group) is 1. The van der Waals surface area contributed by atoms with Crippen molar-refractivity contribution in [1.29, 1.82) is 0 Å². The molecule has 0 bridgehead atoms. The number of benzene rings is 3. The van der Waals surface area contributed by atoms with Crippen LogP contribution in [-0.4, -0.2) is 70.7 Å². The number of amides is 3. The Kier molecular flexibility index (Phi) is 9.00. The van der Waals surface area contributed by atoms with Crippen molar-refractivity contribution >= 4 is 34.1 Å². The molecule has 0 spiro atoms. The van der Waals surface area contributed by atoms with Crippen LogP contribution in [0.25, 0.3) is 10.8 Å². The number of nitrogens with one attached hydrogen (secondary N) is 2. The molecule has 1 aliphatic rings. The molecule has 1 aromatic heterocycles. The second kappa shape index (κ2) is 13.0. The Morgan fingerprint density at radius 1 is 1.05 bits per heavy atom. The van der Waals surface area contributed by atoms with Crippen LogP contribution in [0.2, 0.25) is 0 Å². The predicted octanol–water partition coefficient (Wildman–Crippen LogP) is 5.23. The van der Waals surface area contributed by atoms with Crippen LogP contribution in [0, 0.1) is 5.92 Å². The number of hydrogen-bond acceptors (Lipinski definition) is 6. The van der Waals surface area contributed by atoms with Gasteiger partial charge in [-0.3, -0.25) is 14.7 Å². The van der Waals surface area contributed by atoms with E-state index in [1.165, 1.54) is 0 Å². The van der Waals surface area contributed by atoms with E-state index in [0.29, 0.717) is 42.3 Å². The zero-order chi connectivity index (χ0) is 29.6. The number of ether oxygens (including phenoxy) is 1. The SMILES string of the molecule is C[C@H](CO)N1C[C@H](C)[C@H](CN(C)Cc2ccncc2)Oc2c(NC(=O)Nc3cccc4ccccc34)cccc2C1=O. The number of aliphatic hydroxyl groups is 1. The molecule has 9 nitrogen and oxygen atoms in total. The first kappa shape index (κ1) is 29.0. The normalized spacial score (nSPS) is 17.6. The number of carbonyl (C=O) groups excluding carboxylic acids is 2. The topological polar surface area (TPSA) is 107 Å². The molecule has 0 saturated carbocycles. The van der Waals surface area contributed by atoms with E-state index in [2.05, 4.69) is 20.5 Å². The Hall–Kier alpha value is -4.47. The lowest BCUT2D eigenvalue weighted by Crippen LogP contribution is -2.49. The van der Waals surface area contributed by atoms with E-state index in [-0.39, 0.29) is 30.6 Å².